The second kappa shape index (κ2) is 11.5. The van der Waals surface area contributed by atoms with Crippen LogP contribution >= 0.6 is 24.0 Å². The Labute approximate surface area is 178 Å². The summed E-state index contributed by atoms with van der Waals surface area (Å²) in [5.41, 5.74) is 3.54. The molecular formula is C22H27IN4. The molecule has 0 saturated heterocycles. The van der Waals surface area contributed by atoms with Crippen molar-refractivity contribution < 1.29 is 0 Å². The molecule has 27 heavy (non-hydrogen) atoms. The van der Waals surface area contributed by atoms with E-state index in [-0.39, 0.29) is 24.0 Å². The lowest BCUT2D eigenvalue weighted by Crippen LogP contribution is -2.37. The molecule has 0 spiro atoms. The molecule has 2 N–H and O–H groups in total. The fourth-order valence-electron chi connectivity index (χ4n) is 2.94. The van der Waals surface area contributed by atoms with Crippen LogP contribution in [0.1, 0.15) is 24.5 Å². The largest absolute Gasteiger partial charge is 0.357 e. The molecule has 0 fully saturated rings. The number of aryl methyl sites for hydroxylation is 1. The molecule has 0 amide bonds. The Kier molecular flexibility index (Phi) is 9.04. The summed E-state index contributed by atoms with van der Waals surface area (Å²) in [6.45, 7) is 4.44. The lowest BCUT2D eigenvalue weighted by molar-refractivity contribution is 0.744. The molecule has 5 heteroatoms. The zero-order valence-electron chi connectivity index (χ0n) is 15.7. The number of halogens is 1. The lowest BCUT2D eigenvalue weighted by atomic mass is 10.1. The lowest BCUT2D eigenvalue weighted by Gasteiger charge is -2.11. The van der Waals surface area contributed by atoms with Crippen LogP contribution in [0.2, 0.25) is 0 Å². The van der Waals surface area contributed by atoms with Crippen LogP contribution in [0.4, 0.5) is 0 Å². The van der Waals surface area contributed by atoms with Crippen LogP contribution in [0.3, 0.4) is 0 Å². The van der Waals surface area contributed by atoms with Crippen molar-refractivity contribution in [2.45, 2.75) is 26.3 Å². The minimum absolute atomic E-state index is 0. The van der Waals surface area contributed by atoms with E-state index in [4.69, 9.17) is 4.99 Å². The van der Waals surface area contributed by atoms with Gasteiger partial charge in [0.05, 0.1) is 12.1 Å². The summed E-state index contributed by atoms with van der Waals surface area (Å²) in [5.74, 6) is 0.855. The molecule has 0 atom stereocenters. The first-order chi connectivity index (χ1) is 12.9. The topological polar surface area (TPSA) is 49.3 Å². The van der Waals surface area contributed by atoms with Crippen LogP contribution in [0.5, 0.6) is 0 Å². The van der Waals surface area contributed by atoms with Crippen molar-refractivity contribution in [3.63, 3.8) is 0 Å². The number of guanidine groups is 1. The summed E-state index contributed by atoms with van der Waals surface area (Å²) in [7, 11) is 0. The van der Waals surface area contributed by atoms with Gasteiger partial charge in [-0.05, 0) is 37.0 Å². The van der Waals surface area contributed by atoms with E-state index in [9.17, 15) is 0 Å². The van der Waals surface area contributed by atoms with Gasteiger partial charge in [-0.15, -0.1) is 24.0 Å². The number of hydrogen-bond donors (Lipinski definition) is 2. The second-order valence-electron chi connectivity index (χ2n) is 6.20. The number of para-hydroxylation sites is 1. The minimum Gasteiger partial charge on any atom is -0.357 e. The molecule has 2 aromatic carbocycles. The van der Waals surface area contributed by atoms with Gasteiger partial charge in [-0.2, -0.15) is 0 Å². The van der Waals surface area contributed by atoms with Crippen LogP contribution in [0.25, 0.3) is 10.9 Å². The van der Waals surface area contributed by atoms with Crippen molar-refractivity contribution in [3.05, 3.63) is 78.0 Å². The summed E-state index contributed by atoms with van der Waals surface area (Å²) >= 11 is 0. The standard InChI is InChI=1S/C22H26N4.HI/c1-2-23-22(25-16-7-11-18-9-4-3-5-10-18)26-17-20-13-6-12-19-14-8-15-24-21(19)20;/h3-6,8-10,12-15H,2,7,11,16-17H2,1H3,(H2,23,25,26);1H. The molecule has 0 aliphatic heterocycles. The van der Waals surface area contributed by atoms with E-state index in [1.165, 1.54) is 5.56 Å². The van der Waals surface area contributed by atoms with Gasteiger partial charge in [0.15, 0.2) is 5.96 Å². The van der Waals surface area contributed by atoms with Crippen molar-refractivity contribution in [3.8, 4) is 0 Å². The predicted octanol–water partition coefficient (Wildman–Crippen LogP) is 4.54. The van der Waals surface area contributed by atoms with Gasteiger partial charge in [0.2, 0.25) is 0 Å². The van der Waals surface area contributed by atoms with Gasteiger partial charge in [-0.1, -0.05) is 54.6 Å². The maximum absolute atomic E-state index is 4.73. The fourth-order valence-corrected chi connectivity index (χ4v) is 2.94. The van der Waals surface area contributed by atoms with Gasteiger partial charge >= 0.3 is 0 Å². The molecule has 0 radical (unpaired) electrons. The second-order valence-corrected chi connectivity index (χ2v) is 6.20. The van der Waals surface area contributed by atoms with Crippen molar-refractivity contribution in [1.82, 2.24) is 15.6 Å². The summed E-state index contributed by atoms with van der Waals surface area (Å²) in [4.78, 5) is 9.24. The molecule has 1 aromatic heterocycles. The fraction of sp³-hybridized carbons (Fsp3) is 0.273. The summed E-state index contributed by atoms with van der Waals surface area (Å²) in [6, 6.07) is 20.9. The summed E-state index contributed by atoms with van der Waals surface area (Å²) < 4.78 is 0. The molecule has 1 heterocycles. The first-order valence-electron chi connectivity index (χ1n) is 9.25. The third-order valence-corrected chi connectivity index (χ3v) is 4.25. The number of fused-ring (bicyclic) bond motifs is 1. The minimum atomic E-state index is 0. The average molecular weight is 474 g/mol. The number of aromatic nitrogens is 1. The molecule has 0 aliphatic carbocycles. The van der Waals surface area contributed by atoms with E-state index in [1.807, 2.05) is 12.3 Å². The molecule has 142 valence electrons. The third kappa shape index (κ3) is 6.50. The van der Waals surface area contributed by atoms with Crippen LogP contribution < -0.4 is 10.6 Å². The molecule has 3 aromatic rings. The van der Waals surface area contributed by atoms with Crippen molar-refractivity contribution in [2.75, 3.05) is 13.1 Å². The predicted molar refractivity (Wildman–Crippen MR) is 125 cm³/mol. The molecular weight excluding hydrogens is 447 g/mol. The zero-order valence-corrected chi connectivity index (χ0v) is 18.0. The molecule has 0 saturated carbocycles. The van der Waals surface area contributed by atoms with Crippen LogP contribution in [0.15, 0.2) is 71.9 Å². The number of aliphatic imine (C=N–C) groups is 1. The van der Waals surface area contributed by atoms with Gasteiger partial charge in [-0.25, -0.2) is 4.99 Å². The van der Waals surface area contributed by atoms with Gasteiger partial charge in [-0.3, -0.25) is 4.98 Å². The summed E-state index contributed by atoms with van der Waals surface area (Å²) in [6.07, 6.45) is 3.98. The maximum Gasteiger partial charge on any atom is 0.191 e. The molecule has 3 rings (SSSR count). The Bertz CT molecular complexity index is 844. The number of rotatable bonds is 7. The van der Waals surface area contributed by atoms with Crippen LogP contribution in [-0.4, -0.2) is 24.0 Å². The number of nitrogens with zero attached hydrogens (tertiary/aromatic N) is 2. The Morgan fingerprint density at radius 3 is 2.59 bits per heavy atom. The first-order valence-corrected chi connectivity index (χ1v) is 9.25. The third-order valence-electron chi connectivity index (χ3n) is 4.25. The van der Waals surface area contributed by atoms with E-state index in [1.54, 1.807) is 0 Å². The Hall–Kier alpha value is -2.15. The van der Waals surface area contributed by atoms with Gasteiger partial charge in [0.1, 0.15) is 0 Å². The quantitative estimate of drug-likeness (QED) is 0.229. The highest BCUT2D eigenvalue weighted by atomic mass is 127. The van der Waals surface area contributed by atoms with E-state index in [0.717, 1.165) is 48.4 Å². The highest BCUT2D eigenvalue weighted by Gasteiger charge is 2.02. The number of hydrogen-bond acceptors (Lipinski definition) is 2. The monoisotopic (exact) mass is 474 g/mol. The van der Waals surface area contributed by atoms with Crippen molar-refractivity contribution >= 4 is 40.8 Å². The number of nitrogens with one attached hydrogen (secondary N) is 2. The van der Waals surface area contributed by atoms with Crippen molar-refractivity contribution in [2.24, 2.45) is 4.99 Å². The van der Waals surface area contributed by atoms with Crippen molar-refractivity contribution in [1.29, 1.82) is 0 Å². The van der Waals surface area contributed by atoms with E-state index >= 15 is 0 Å². The zero-order chi connectivity index (χ0) is 18.0. The highest BCUT2D eigenvalue weighted by molar-refractivity contribution is 14.0. The maximum atomic E-state index is 4.73. The van der Waals surface area contributed by atoms with Gasteiger partial charge < -0.3 is 10.6 Å². The first kappa shape index (κ1) is 21.2. The molecule has 0 unspecified atom stereocenters. The molecule has 0 aliphatic rings. The number of pyridine rings is 1. The normalized spacial score (nSPS) is 11.1. The van der Waals surface area contributed by atoms with Gasteiger partial charge in [0.25, 0.3) is 0 Å². The van der Waals surface area contributed by atoms with E-state index in [2.05, 4.69) is 77.1 Å². The van der Waals surface area contributed by atoms with E-state index in [0.29, 0.717) is 6.54 Å². The van der Waals surface area contributed by atoms with Crippen LogP contribution in [0, 0.1) is 0 Å². The van der Waals surface area contributed by atoms with Gasteiger partial charge in [0, 0.05) is 24.7 Å². The van der Waals surface area contributed by atoms with Crippen LogP contribution in [-0.2, 0) is 13.0 Å². The van der Waals surface area contributed by atoms with E-state index < -0.39 is 0 Å². The average Bonchev–Trinajstić information content (AvgIpc) is 2.70. The highest BCUT2D eigenvalue weighted by Crippen LogP contribution is 2.16. The molecule has 4 nitrogen and oxygen atoms in total. The SMILES string of the molecule is CCNC(=NCc1cccc2cccnc12)NCCCc1ccccc1.I. The Morgan fingerprint density at radius 2 is 1.78 bits per heavy atom. The Balaban J connectivity index is 0.00000261. The summed E-state index contributed by atoms with van der Waals surface area (Å²) in [5, 5.41) is 7.90. The molecule has 0 bridgehead atoms. The smallest absolute Gasteiger partial charge is 0.191 e. The Morgan fingerprint density at radius 1 is 0.963 bits per heavy atom. The number of benzene rings is 2.